The van der Waals surface area contributed by atoms with E-state index < -0.39 is 0 Å². The van der Waals surface area contributed by atoms with Gasteiger partial charge in [-0.1, -0.05) is 24.3 Å². The second-order valence-corrected chi connectivity index (χ2v) is 12.3. The van der Waals surface area contributed by atoms with Crippen molar-refractivity contribution in [2.45, 2.75) is 0 Å². The minimum absolute atomic E-state index is 0.247. The van der Waals surface area contributed by atoms with Gasteiger partial charge in [0, 0.05) is 74.0 Å². The van der Waals surface area contributed by atoms with Gasteiger partial charge in [-0.2, -0.15) is 9.13 Å². The second-order valence-electron chi connectivity index (χ2n) is 12.3. The number of rotatable bonds is 7. The molecule has 0 radical (unpaired) electrons. The van der Waals surface area contributed by atoms with E-state index in [-0.39, 0.29) is 11.6 Å². The van der Waals surface area contributed by atoms with E-state index in [9.17, 15) is 8.78 Å². The molecule has 0 saturated heterocycles. The van der Waals surface area contributed by atoms with Gasteiger partial charge in [-0.3, -0.25) is 0 Å². The van der Waals surface area contributed by atoms with Crippen LogP contribution in [0.15, 0.2) is 170 Å². The Hall–Kier alpha value is -6.40. The highest BCUT2D eigenvalue weighted by molar-refractivity contribution is 5.93. The van der Waals surface area contributed by atoms with E-state index in [1.54, 1.807) is 24.3 Å². The summed E-state index contributed by atoms with van der Waals surface area (Å²) < 4.78 is 31.6. The fourth-order valence-corrected chi connectivity index (χ4v) is 6.70. The van der Waals surface area contributed by atoms with Crippen molar-refractivity contribution in [1.82, 2.24) is 0 Å². The maximum atomic E-state index is 13.6. The van der Waals surface area contributed by atoms with Crippen LogP contribution in [0.25, 0.3) is 44.3 Å². The van der Waals surface area contributed by atoms with E-state index in [1.807, 2.05) is 26.2 Å². The lowest BCUT2D eigenvalue weighted by atomic mass is 10.0. The van der Waals surface area contributed by atoms with Crippen molar-refractivity contribution < 1.29 is 17.9 Å². The van der Waals surface area contributed by atoms with Crippen molar-refractivity contribution in [2.24, 2.45) is 0 Å². The standard InChI is InChI=1S/C44H34F2N4/c1-47(35-23-15-33(45)16-24-35)41-27-29-49(43-9-5-3-7-39(41)43)37-19-11-31(12-20-37)32-13-21-38(22-14-32)50-30-28-42(40-8-4-6-10-44(40)50)48(2)36-25-17-34(46)18-26-36/h3-30H,1-2H3/q+2. The molecular formula is C44H34F2N4+2. The second kappa shape index (κ2) is 12.9. The Morgan fingerprint density at radius 3 is 1.14 bits per heavy atom. The van der Waals surface area contributed by atoms with Crippen LogP contribution in [0.3, 0.4) is 0 Å². The summed E-state index contributed by atoms with van der Waals surface area (Å²) in [6.07, 6.45) is 4.18. The van der Waals surface area contributed by atoms with E-state index in [0.717, 1.165) is 67.1 Å². The van der Waals surface area contributed by atoms with E-state index in [0.29, 0.717) is 0 Å². The summed E-state index contributed by atoms with van der Waals surface area (Å²) in [5, 5.41) is 2.20. The van der Waals surface area contributed by atoms with Gasteiger partial charge in [-0.05, 0) is 96.1 Å². The number of benzene rings is 6. The molecule has 0 unspecified atom stereocenters. The summed E-state index contributed by atoms with van der Waals surface area (Å²) in [6.45, 7) is 0. The molecule has 2 aromatic heterocycles. The zero-order chi connectivity index (χ0) is 34.2. The summed E-state index contributed by atoms with van der Waals surface area (Å²) in [7, 11) is 4.01. The van der Waals surface area contributed by atoms with Gasteiger partial charge in [-0.15, -0.1) is 0 Å². The van der Waals surface area contributed by atoms with Crippen LogP contribution in [0.2, 0.25) is 0 Å². The van der Waals surface area contributed by atoms with Crippen LogP contribution in [0.4, 0.5) is 31.5 Å². The fourth-order valence-electron chi connectivity index (χ4n) is 6.70. The predicted molar refractivity (Wildman–Crippen MR) is 199 cm³/mol. The minimum atomic E-state index is -0.247. The maximum Gasteiger partial charge on any atom is 0.220 e. The van der Waals surface area contributed by atoms with Gasteiger partial charge >= 0.3 is 0 Å². The monoisotopic (exact) mass is 656 g/mol. The average molecular weight is 657 g/mol. The van der Waals surface area contributed by atoms with Crippen LogP contribution in [-0.4, -0.2) is 14.1 Å². The van der Waals surface area contributed by atoms with Gasteiger partial charge in [0.25, 0.3) is 0 Å². The predicted octanol–water partition coefficient (Wildman–Crippen LogP) is 10.0. The Morgan fingerprint density at radius 2 is 0.760 bits per heavy atom. The van der Waals surface area contributed by atoms with E-state index >= 15 is 0 Å². The molecule has 0 saturated carbocycles. The molecule has 0 amide bonds. The van der Waals surface area contributed by atoms with E-state index in [4.69, 9.17) is 0 Å². The van der Waals surface area contributed by atoms with Crippen LogP contribution >= 0.6 is 0 Å². The molecule has 2 heterocycles. The molecule has 4 nitrogen and oxygen atoms in total. The number of aromatic nitrogens is 2. The minimum Gasteiger partial charge on any atom is -0.344 e. The largest absolute Gasteiger partial charge is 0.344 e. The summed E-state index contributed by atoms with van der Waals surface area (Å²) in [5.41, 5.74) is 10.5. The highest BCUT2D eigenvalue weighted by Crippen LogP contribution is 2.32. The third-order valence-corrected chi connectivity index (χ3v) is 9.42. The maximum absolute atomic E-state index is 13.6. The molecule has 0 fully saturated rings. The lowest BCUT2D eigenvalue weighted by molar-refractivity contribution is -0.567. The van der Waals surface area contributed by atoms with Crippen molar-refractivity contribution >= 4 is 44.6 Å². The molecule has 6 heteroatoms. The van der Waals surface area contributed by atoms with Gasteiger partial charge < -0.3 is 9.80 Å². The Bertz CT molecular complexity index is 2280. The summed E-state index contributed by atoms with van der Waals surface area (Å²) in [5.74, 6) is -0.493. The first kappa shape index (κ1) is 30.9. The van der Waals surface area contributed by atoms with Crippen molar-refractivity contribution in [2.75, 3.05) is 23.9 Å². The summed E-state index contributed by atoms with van der Waals surface area (Å²) in [4.78, 5) is 4.17. The van der Waals surface area contributed by atoms with Crippen LogP contribution in [0.1, 0.15) is 0 Å². The number of hydrogen-bond acceptors (Lipinski definition) is 2. The first-order valence-electron chi connectivity index (χ1n) is 16.5. The first-order valence-corrected chi connectivity index (χ1v) is 16.5. The Kier molecular flexibility index (Phi) is 7.97. The van der Waals surface area contributed by atoms with Gasteiger partial charge in [0.2, 0.25) is 22.4 Å². The molecule has 8 rings (SSSR count). The summed E-state index contributed by atoms with van der Waals surface area (Å²) in [6, 6.07) is 51.3. The van der Waals surface area contributed by atoms with E-state index in [2.05, 4.69) is 128 Å². The highest BCUT2D eigenvalue weighted by Gasteiger charge is 2.20. The Balaban J connectivity index is 1.07. The Morgan fingerprint density at radius 1 is 0.400 bits per heavy atom. The number of para-hydroxylation sites is 2. The number of fused-ring (bicyclic) bond motifs is 2. The van der Waals surface area contributed by atoms with E-state index in [1.165, 1.54) is 24.3 Å². The molecule has 0 N–H and O–H groups in total. The molecule has 50 heavy (non-hydrogen) atoms. The molecular weight excluding hydrogens is 623 g/mol. The van der Waals surface area contributed by atoms with Crippen molar-refractivity contribution in [1.29, 1.82) is 0 Å². The van der Waals surface area contributed by atoms with Crippen LogP contribution in [-0.2, 0) is 0 Å². The normalized spacial score (nSPS) is 11.2. The smallest absolute Gasteiger partial charge is 0.220 e. The first-order chi connectivity index (χ1) is 24.4. The molecule has 0 bridgehead atoms. The third-order valence-electron chi connectivity index (χ3n) is 9.42. The van der Waals surface area contributed by atoms with Crippen molar-refractivity contribution in [3.63, 3.8) is 0 Å². The number of anilines is 4. The molecule has 6 aromatic carbocycles. The molecule has 0 aliphatic heterocycles. The number of halogens is 2. The molecule has 0 atom stereocenters. The van der Waals surface area contributed by atoms with Gasteiger partial charge in [-0.25, -0.2) is 8.78 Å². The lowest BCUT2D eigenvalue weighted by Crippen LogP contribution is -2.31. The van der Waals surface area contributed by atoms with Crippen LogP contribution in [0, 0.1) is 11.6 Å². The molecule has 0 spiro atoms. The zero-order valence-electron chi connectivity index (χ0n) is 27.7. The summed E-state index contributed by atoms with van der Waals surface area (Å²) >= 11 is 0. The van der Waals surface area contributed by atoms with Crippen molar-refractivity contribution in [3.8, 4) is 22.5 Å². The van der Waals surface area contributed by atoms with Crippen LogP contribution in [0.5, 0.6) is 0 Å². The lowest BCUT2D eigenvalue weighted by Gasteiger charge is -2.20. The topological polar surface area (TPSA) is 14.2 Å². The molecule has 8 aromatic rings. The highest BCUT2D eigenvalue weighted by atomic mass is 19.1. The van der Waals surface area contributed by atoms with Gasteiger partial charge in [0.05, 0.1) is 22.1 Å². The van der Waals surface area contributed by atoms with Crippen LogP contribution < -0.4 is 18.9 Å². The zero-order valence-corrected chi connectivity index (χ0v) is 27.7. The number of nitrogens with zero attached hydrogens (tertiary/aromatic N) is 4. The average Bonchev–Trinajstić information content (AvgIpc) is 3.17. The quantitative estimate of drug-likeness (QED) is 0.159. The SMILES string of the molecule is CN(c1ccc(F)cc1)c1cc[n+](-c2ccc(-c3ccc(-[n+]4ccc(N(C)c5ccc(F)cc5)c5ccccc54)cc3)cc2)c2ccccc12. The number of pyridine rings is 2. The van der Waals surface area contributed by atoms with Gasteiger partial charge in [0.15, 0.2) is 12.4 Å². The van der Waals surface area contributed by atoms with Gasteiger partial charge in [0.1, 0.15) is 11.6 Å². The molecule has 0 aliphatic carbocycles. The van der Waals surface area contributed by atoms with Crippen molar-refractivity contribution in [3.05, 3.63) is 182 Å². The Labute approximate surface area is 290 Å². The third kappa shape index (κ3) is 5.71. The fraction of sp³-hybridized carbons (Fsp3) is 0.0455. The molecule has 0 aliphatic rings. The molecule has 242 valence electrons. The number of hydrogen-bond donors (Lipinski definition) is 0.